The zero-order valence-corrected chi connectivity index (χ0v) is 14.3. The number of rotatable bonds is 14. The van der Waals surface area contributed by atoms with Gasteiger partial charge in [0.05, 0.1) is 51.5 Å². The van der Waals surface area contributed by atoms with Crippen LogP contribution in [0.1, 0.15) is 38.5 Å². The highest BCUT2D eigenvalue weighted by molar-refractivity contribution is 7.99. The molecule has 0 N–H and O–H groups in total. The van der Waals surface area contributed by atoms with E-state index in [9.17, 15) is 9.59 Å². The summed E-state index contributed by atoms with van der Waals surface area (Å²) in [6.45, 7) is 2.65. The first-order valence-corrected chi connectivity index (χ1v) is 9.51. The first-order valence-electron chi connectivity index (χ1n) is 8.36. The van der Waals surface area contributed by atoms with Gasteiger partial charge < -0.3 is 18.9 Å². The summed E-state index contributed by atoms with van der Waals surface area (Å²) in [6, 6.07) is 0. The Bertz CT molecular complexity index is 334. The minimum absolute atomic E-state index is 0.168. The fourth-order valence-electron chi connectivity index (χ4n) is 2.02. The second-order valence-electron chi connectivity index (χ2n) is 5.75. The summed E-state index contributed by atoms with van der Waals surface area (Å²) in [5.74, 6) is 1.02. The van der Waals surface area contributed by atoms with E-state index in [1.165, 1.54) is 0 Å². The SMILES string of the molecule is O=C(CCSCCC(=O)OCCCC1CO1)OCCCC1CO1. The molecule has 0 radical (unpaired) electrons. The molecule has 2 heterocycles. The molecule has 0 spiro atoms. The molecule has 0 bridgehead atoms. The third kappa shape index (κ3) is 10.6. The fourth-order valence-corrected chi connectivity index (χ4v) is 2.85. The van der Waals surface area contributed by atoms with E-state index in [0.717, 1.165) is 38.9 Å². The Morgan fingerprint density at radius 3 is 1.70 bits per heavy atom. The van der Waals surface area contributed by atoms with Crippen LogP contribution in [-0.2, 0) is 28.5 Å². The van der Waals surface area contributed by atoms with Gasteiger partial charge in [0.25, 0.3) is 0 Å². The number of hydrogen-bond acceptors (Lipinski definition) is 7. The average molecular weight is 346 g/mol. The minimum atomic E-state index is -0.168. The van der Waals surface area contributed by atoms with E-state index in [-0.39, 0.29) is 11.9 Å². The Hall–Kier alpha value is -0.790. The summed E-state index contributed by atoms with van der Waals surface area (Å²) in [6.07, 6.45) is 5.24. The lowest BCUT2D eigenvalue weighted by Gasteiger charge is -2.05. The molecule has 0 aliphatic carbocycles. The lowest BCUT2D eigenvalue weighted by Crippen LogP contribution is -2.09. The van der Waals surface area contributed by atoms with Gasteiger partial charge >= 0.3 is 11.9 Å². The van der Waals surface area contributed by atoms with Gasteiger partial charge in [-0.25, -0.2) is 0 Å². The van der Waals surface area contributed by atoms with Crippen molar-refractivity contribution < 1.29 is 28.5 Å². The third-order valence-corrected chi connectivity index (χ3v) is 4.56. The Kier molecular flexibility index (Phi) is 8.78. The van der Waals surface area contributed by atoms with Gasteiger partial charge in [-0.15, -0.1) is 0 Å². The first-order chi connectivity index (χ1) is 11.2. The number of thioether (sulfide) groups is 1. The molecule has 0 aromatic rings. The second-order valence-corrected chi connectivity index (χ2v) is 6.97. The molecule has 23 heavy (non-hydrogen) atoms. The van der Waals surface area contributed by atoms with E-state index >= 15 is 0 Å². The fraction of sp³-hybridized carbons (Fsp3) is 0.875. The van der Waals surface area contributed by atoms with Crippen LogP contribution in [0.2, 0.25) is 0 Å². The van der Waals surface area contributed by atoms with E-state index in [1.54, 1.807) is 11.8 Å². The van der Waals surface area contributed by atoms with Crippen LogP contribution in [0, 0.1) is 0 Å². The summed E-state index contributed by atoms with van der Waals surface area (Å²) >= 11 is 1.58. The maximum atomic E-state index is 11.5. The number of ether oxygens (including phenoxy) is 4. The molecule has 7 heteroatoms. The van der Waals surface area contributed by atoms with E-state index in [1.807, 2.05) is 0 Å². The lowest BCUT2D eigenvalue weighted by atomic mass is 10.2. The zero-order valence-electron chi connectivity index (χ0n) is 13.5. The van der Waals surface area contributed by atoms with Crippen molar-refractivity contribution in [2.24, 2.45) is 0 Å². The molecule has 2 aliphatic rings. The van der Waals surface area contributed by atoms with Crippen LogP contribution in [0.15, 0.2) is 0 Å². The van der Waals surface area contributed by atoms with Gasteiger partial charge in [-0.3, -0.25) is 9.59 Å². The molecular formula is C16H26O6S. The highest BCUT2D eigenvalue weighted by atomic mass is 32.2. The predicted molar refractivity (Wildman–Crippen MR) is 86.4 cm³/mol. The van der Waals surface area contributed by atoms with Gasteiger partial charge in [0.15, 0.2) is 0 Å². The van der Waals surface area contributed by atoms with Gasteiger partial charge in [0.2, 0.25) is 0 Å². The molecule has 2 rings (SSSR count). The normalized spacial score (nSPS) is 21.7. The summed E-state index contributed by atoms with van der Waals surface area (Å²) in [4.78, 5) is 22.9. The van der Waals surface area contributed by atoms with Crippen molar-refractivity contribution in [1.29, 1.82) is 0 Å². The number of hydrogen-bond donors (Lipinski definition) is 0. The lowest BCUT2D eigenvalue weighted by molar-refractivity contribution is -0.144. The molecule has 132 valence electrons. The highest BCUT2D eigenvalue weighted by Crippen LogP contribution is 2.16. The molecule has 2 fully saturated rings. The van der Waals surface area contributed by atoms with Crippen molar-refractivity contribution >= 4 is 23.7 Å². The summed E-state index contributed by atoms with van der Waals surface area (Å²) in [5.41, 5.74) is 0. The van der Waals surface area contributed by atoms with Crippen molar-refractivity contribution in [3.63, 3.8) is 0 Å². The van der Waals surface area contributed by atoms with Crippen molar-refractivity contribution in [3.8, 4) is 0 Å². The molecule has 2 unspecified atom stereocenters. The Morgan fingerprint density at radius 2 is 1.30 bits per heavy atom. The monoisotopic (exact) mass is 346 g/mol. The van der Waals surface area contributed by atoms with Gasteiger partial charge in [-0.2, -0.15) is 11.8 Å². The van der Waals surface area contributed by atoms with Crippen LogP contribution >= 0.6 is 11.8 Å². The van der Waals surface area contributed by atoms with E-state index in [4.69, 9.17) is 18.9 Å². The van der Waals surface area contributed by atoms with Gasteiger partial charge in [-0.1, -0.05) is 0 Å². The van der Waals surface area contributed by atoms with Crippen LogP contribution in [-0.4, -0.2) is 62.1 Å². The number of carbonyl (C=O) groups is 2. The Balaban J connectivity index is 1.30. The average Bonchev–Trinajstić information content (AvgIpc) is 3.42. The maximum Gasteiger partial charge on any atom is 0.306 e. The van der Waals surface area contributed by atoms with Crippen LogP contribution in [0.4, 0.5) is 0 Å². The number of epoxide rings is 2. The van der Waals surface area contributed by atoms with E-state index < -0.39 is 0 Å². The zero-order chi connectivity index (χ0) is 16.3. The molecule has 0 aromatic carbocycles. The Morgan fingerprint density at radius 1 is 0.870 bits per heavy atom. The topological polar surface area (TPSA) is 77.7 Å². The number of carbonyl (C=O) groups excluding carboxylic acids is 2. The number of esters is 2. The maximum absolute atomic E-state index is 11.5. The van der Waals surface area contributed by atoms with Gasteiger partial charge in [0, 0.05) is 11.5 Å². The molecule has 0 aromatic heterocycles. The largest absolute Gasteiger partial charge is 0.466 e. The summed E-state index contributed by atoms with van der Waals surface area (Å²) < 4.78 is 20.4. The van der Waals surface area contributed by atoms with E-state index in [2.05, 4.69) is 0 Å². The van der Waals surface area contributed by atoms with Crippen LogP contribution in [0.5, 0.6) is 0 Å². The first kappa shape index (κ1) is 18.5. The molecule has 0 saturated carbocycles. The van der Waals surface area contributed by atoms with Crippen molar-refractivity contribution in [2.75, 3.05) is 37.9 Å². The minimum Gasteiger partial charge on any atom is -0.466 e. The van der Waals surface area contributed by atoms with Crippen molar-refractivity contribution in [3.05, 3.63) is 0 Å². The summed E-state index contributed by atoms with van der Waals surface area (Å²) in [5, 5.41) is 0. The molecular weight excluding hydrogens is 320 g/mol. The highest BCUT2D eigenvalue weighted by Gasteiger charge is 2.22. The van der Waals surface area contributed by atoms with Crippen LogP contribution < -0.4 is 0 Å². The van der Waals surface area contributed by atoms with E-state index in [0.29, 0.717) is 49.8 Å². The smallest absolute Gasteiger partial charge is 0.306 e. The molecule has 6 nitrogen and oxygen atoms in total. The predicted octanol–water partition coefficient (Wildman–Crippen LogP) is 1.94. The van der Waals surface area contributed by atoms with Crippen LogP contribution in [0.3, 0.4) is 0 Å². The van der Waals surface area contributed by atoms with Crippen molar-refractivity contribution in [1.82, 2.24) is 0 Å². The standard InChI is InChI=1S/C16H26O6S/c17-15(19-7-1-3-13-11-21-13)5-9-23-10-6-16(18)20-8-2-4-14-12-22-14/h13-14H,1-12H2. The molecule has 2 aliphatic heterocycles. The molecule has 2 atom stereocenters. The van der Waals surface area contributed by atoms with Gasteiger partial charge in [-0.05, 0) is 25.7 Å². The summed E-state index contributed by atoms with van der Waals surface area (Å²) in [7, 11) is 0. The molecule has 0 amide bonds. The van der Waals surface area contributed by atoms with Crippen LogP contribution in [0.25, 0.3) is 0 Å². The quantitative estimate of drug-likeness (QED) is 0.270. The second kappa shape index (κ2) is 10.9. The van der Waals surface area contributed by atoms with Crippen molar-refractivity contribution in [2.45, 2.75) is 50.7 Å². The Labute approximate surface area is 141 Å². The molecule has 2 saturated heterocycles. The van der Waals surface area contributed by atoms with Gasteiger partial charge in [0.1, 0.15) is 0 Å². The third-order valence-electron chi connectivity index (χ3n) is 3.57.